The molecule has 0 N–H and O–H groups in total. The molecule has 0 fully saturated rings. The predicted molar refractivity (Wildman–Crippen MR) is 74.1 cm³/mol. The number of rotatable bonds is 6. The van der Waals surface area contributed by atoms with Crippen LogP contribution in [0.2, 0.25) is 0 Å². The third-order valence-electron chi connectivity index (χ3n) is 2.52. The van der Waals surface area contributed by atoms with Crippen LogP contribution in [0.3, 0.4) is 0 Å². The first kappa shape index (κ1) is 15.8. The van der Waals surface area contributed by atoms with Crippen molar-refractivity contribution in [3.8, 4) is 11.5 Å². The minimum absolute atomic E-state index is 0.803. The molecule has 0 aliphatic carbocycles. The Morgan fingerprint density at radius 2 is 1.59 bits per heavy atom. The maximum atomic E-state index is 5.26. The number of hydrogen-bond acceptors (Lipinski definition) is 2. The van der Waals surface area contributed by atoms with E-state index in [1.54, 1.807) is 14.2 Å². The second kappa shape index (κ2) is 10.0. The summed E-state index contributed by atoms with van der Waals surface area (Å²) < 4.78 is 10.5. The van der Waals surface area contributed by atoms with E-state index < -0.39 is 0 Å². The molecule has 1 aromatic carbocycles. The largest absolute Gasteiger partial charge is 0.493 e. The Kier molecular flexibility index (Phi) is 9.31. The van der Waals surface area contributed by atoms with Crippen molar-refractivity contribution in [2.24, 2.45) is 0 Å². The Bertz CT molecular complexity index is 295. The average Bonchev–Trinajstić information content (AvgIpc) is 2.41. The summed E-state index contributed by atoms with van der Waals surface area (Å²) in [5.41, 5.74) is 1.32. The SMILES string of the molecule is CC.CCCCCc1ccc(OC)c(OC)c1. The predicted octanol–water partition coefficient (Wildman–Crippen LogP) is 4.46. The Hall–Kier alpha value is -1.18. The number of unbranched alkanes of at least 4 members (excludes halogenated alkanes) is 2. The van der Waals surface area contributed by atoms with Gasteiger partial charge in [-0.05, 0) is 30.5 Å². The van der Waals surface area contributed by atoms with Crippen LogP contribution in [0.25, 0.3) is 0 Å². The van der Waals surface area contributed by atoms with Gasteiger partial charge in [-0.2, -0.15) is 0 Å². The van der Waals surface area contributed by atoms with Gasteiger partial charge in [0.2, 0.25) is 0 Å². The Labute approximate surface area is 106 Å². The first-order valence-corrected chi connectivity index (χ1v) is 6.52. The molecule has 0 aromatic heterocycles. The van der Waals surface area contributed by atoms with Crippen LogP contribution in [0.5, 0.6) is 11.5 Å². The van der Waals surface area contributed by atoms with E-state index in [1.807, 2.05) is 19.9 Å². The molecule has 0 saturated carbocycles. The van der Waals surface area contributed by atoms with Crippen LogP contribution in [0, 0.1) is 0 Å². The fourth-order valence-corrected chi connectivity index (χ4v) is 1.62. The van der Waals surface area contributed by atoms with E-state index in [1.165, 1.54) is 24.8 Å². The van der Waals surface area contributed by atoms with Crippen molar-refractivity contribution >= 4 is 0 Å². The third kappa shape index (κ3) is 5.62. The maximum Gasteiger partial charge on any atom is 0.160 e. The van der Waals surface area contributed by atoms with Gasteiger partial charge in [-0.25, -0.2) is 0 Å². The quantitative estimate of drug-likeness (QED) is 0.681. The van der Waals surface area contributed by atoms with Crippen LogP contribution in [0.15, 0.2) is 18.2 Å². The lowest BCUT2D eigenvalue weighted by Gasteiger charge is -2.09. The van der Waals surface area contributed by atoms with Gasteiger partial charge in [0, 0.05) is 0 Å². The lowest BCUT2D eigenvalue weighted by molar-refractivity contribution is 0.354. The first-order valence-electron chi connectivity index (χ1n) is 6.52. The molecule has 0 atom stereocenters. The van der Waals surface area contributed by atoms with Gasteiger partial charge in [0.25, 0.3) is 0 Å². The summed E-state index contributed by atoms with van der Waals surface area (Å²) in [6, 6.07) is 6.14. The maximum absolute atomic E-state index is 5.26. The van der Waals surface area contributed by atoms with E-state index in [0.29, 0.717) is 0 Å². The lowest BCUT2D eigenvalue weighted by atomic mass is 10.1. The first-order chi connectivity index (χ1) is 8.31. The molecule has 0 heterocycles. The van der Waals surface area contributed by atoms with Gasteiger partial charge in [0.15, 0.2) is 11.5 Å². The van der Waals surface area contributed by atoms with Gasteiger partial charge in [0.1, 0.15) is 0 Å². The normalized spacial score (nSPS) is 9.24. The zero-order valence-electron chi connectivity index (χ0n) is 11.9. The van der Waals surface area contributed by atoms with Crippen LogP contribution >= 0.6 is 0 Å². The number of methoxy groups -OCH3 is 2. The molecule has 2 nitrogen and oxygen atoms in total. The summed E-state index contributed by atoms with van der Waals surface area (Å²) in [4.78, 5) is 0. The molecule has 0 radical (unpaired) electrons. The lowest BCUT2D eigenvalue weighted by Crippen LogP contribution is -1.92. The molecule has 0 spiro atoms. The van der Waals surface area contributed by atoms with Crippen molar-refractivity contribution in [3.05, 3.63) is 23.8 Å². The van der Waals surface area contributed by atoms with E-state index in [4.69, 9.17) is 9.47 Å². The summed E-state index contributed by atoms with van der Waals surface area (Å²) >= 11 is 0. The molecule has 17 heavy (non-hydrogen) atoms. The third-order valence-corrected chi connectivity index (χ3v) is 2.52. The molecule has 0 saturated heterocycles. The molecule has 0 aliphatic rings. The van der Waals surface area contributed by atoms with Gasteiger partial charge in [-0.3, -0.25) is 0 Å². The highest BCUT2D eigenvalue weighted by Gasteiger charge is 2.03. The highest BCUT2D eigenvalue weighted by atomic mass is 16.5. The highest BCUT2D eigenvalue weighted by molar-refractivity contribution is 5.42. The van der Waals surface area contributed by atoms with Crippen molar-refractivity contribution < 1.29 is 9.47 Å². The van der Waals surface area contributed by atoms with E-state index >= 15 is 0 Å². The molecule has 0 aliphatic heterocycles. The van der Waals surface area contributed by atoms with E-state index in [2.05, 4.69) is 19.1 Å². The van der Waals surface area contributed by atoms with Gasteiger partial charge < -0.3 is 9.47 Å². The number of benzene rings is 1. The zero-order valence-corrected chi connectivity index (χ0v) is 11.9. The number of hydrogen-bond donors (Lipinski definition) is 0. The van der Waals surface area contributed by atoms with Crippen molar-refractivity contribution in [1.29, 1.82) is 0 Å². The topological polar surface area (TPSA) is 18.5 Å². The van der Waals surface area contributed by atoms with Gasteiger partial charge >= 0.3 is 0 Å². The van der Waals surface area contributed by atoms with E-state index in [0.717, 1.165) is 17.9 Å². The second-order valence-corrected chi connectivity index (χ2v) is 3.65. The van der Waals surface area contributed by atoms with Gasteiger partial charge in [0.05, 0.1) is 14.2 Å². The summed E-state index contributed by atoms with van der Waals surface area (Å²) in [6.45, 7) is 6.22. The van der Waals surface area contributed by atoms with Crippen LogP contribution in [-0.2, 0) is 6.42 Å². The number of ether oxygens (including phenoxy) is 2. The summed E-state index contributed by atoms with van der Waals surface area (Å²) in [6.07, 6.45) is 4.90. The Morgan fingerprint density at radius 1 is 0.941 bits per heavy atom. The van der Waals surface area contributed by atoms with Crippen LogP contribution in [-0.4, -0.2) is 14.2 Å². The molecular weight excluding hydrogens is 212 g/mol. The fraction of sp³-hybridized carbons (Fsp3) is 0.600. The second-order valence-electron chi connectivity index (χ2n) is 3.65. The number of aryl methyl sites for hydroxylation is 1. The Morgan fingerprint density at radius 3 is 2.12 bits per heavy atom. The monoisotopic (exact) mass is 238 g/mol. The minimum Gasteiger partial charge on any atom is -0.493 e. The van der Waals surface area contributed by atoms with E-state index in [-0.39, 0.29) is 0 Å². The van der Waals surface area contributed by atoms with Crippen LogP contribution in [0.1, 0.15) is 45.6 Å². The van der Waals surface area contributed by atoms with Gasteiger partial charge in [-0.15, -0.1) is 0 Å². The van der Waals surface area contributed by atoms with Crippen LogP contribution in [0.4, 0.5) is 0 Å². The summed E-state index contributed by atoms with van der Waals surface area (Å²) in [5.74, 6) is 1.63. The smallest absolute Gasteiger partial charge is 0.160 e. The molecule has 1 rings (SSSR count). The van der Waals surface area contributed by atoms with Gasteiger partial charge in [-0.1, -0.05) is 39.7 Å². The molecule has 2 heteroatoms. The standard InChI is InChI=1S/C13H20O2.C2H6/c1-4-5-6-7-11-8-9-12(14-2)13(10-11)15-3;1-2/h8-10H,4-7H2,1-3H3;1-2H3. The fourth-order valence-electron chi connectivity index (χ4n) is 1.62. The summed E-state index contributed by atoms with van der Waals surface area (Å²) in [7, 11) is 3.34. The van der Waals surface area contributed by atoms with E-state index in [9.17, 15) is 0 Å². The highest BCUT2D eigenvalue weighted by Crippen LogP contribution is 2.28. The molecular formula is C15H26O2. The van der Waals surface area contributed by atoms with Crippen LogP contribution < -0.4 is 9.47 Å². The van der Waals surface area contributed by atoms with Crippen molar-refractivity contribution in [1.82, 2.24) is 0 Å². The average molecular weight is 238 g/mol. The van der Waals surface area contributed by atoms with Crippen molar-refractivity contribution in [3.63, 3.8) is 0 Å². The Balaban J connectivity index is 0.00000121. The minimum atomic E-state index is 0.803. The molecule has 0 amide bonds. The van der Waals surface area contributed by atoms with Crippen molar-refractivity contribution in [2.75, 3.05) is 14.2 Å². The molecule has 0 bridgehead atoms. The summed E-state index contributed by atoms with van der Waals surface area (Å²) in [5, 5.41) is 0. The van der Waals surface area contributed by atoms with Crippen molar-refractivity contribution in [2.45, 2.75) is 46.5 Å². The molecule has 1 aromatic rings. The zero-order chi connectivity index (χ0) is 13.1. The molecule has 0 unspecified atom stereocenters. The molecule has 98 valence electrons.